The number of benzene rings is 1. The lowest BCUT2D eigenvalue weighted by Gasteiger charge is -2.19. The van der Waals surface area contributed by atoms with Crippen LogP contribution in [-0.2, 0) is 11.3 Å². The van der Waals surface area contributed by atoms with Crippen LogP contribution >= 0.6 is 0 Å². The number of methoxy groups -OCH3 is 2. The zero-order valence-corrected chi connectivity index (χ0v) is 14.7. The molecule has 0 radical (unpaired) electrons. The number of anilines is 1. The summed E-state index contributed by atoms with van der Waals surface area (Å²) < 4.78 is 15.7. The molecular weight excluding hydrogens is 338 g/mol. The number of furan rings is 1. The molecule has 0 bridgehead atoms. The highest BCUT2D eigenvalue weighted by atomic mass is 16.5. The standard InChI is InChI=1S/C18H21N3O5/c1-24-15-6-5-13(10-16(15)25-2)21-8-7-20(18(21)23)12-17(22)19-11-14-4-3-9-26-14/h3-6,9-10H,7-8,11-12H2,1-2H3,(H,19,22). The number of urea groups is 1. The Morgan fingerprint density at radius 2 is 2.00 bits per heavy atom. The lowest BCUT2D eigenvalue weighted by atomic mass is 10.2. The molecule has 8 heteroatoms. The summed E-state index contributed by atoms with van der Waals surface area (Å²) in [7, 11) is 3.10. The maximum atomic E-state index is 12.6. The molecule has 1 fully saturated rings. The highest BCUT2D eigenvalue weighted by Gasteiger charge is 2.31. The number of carbonyl (C=O) groups excluding carboxylic acids is 2. The Hall–Kier alpha value is -3.16. The van der Waals surface area contributed by atoms with Crippen LogP contribution in [0.3, 0.4) is 0 Å². The minimum absolute atomic E-state index is 0.00331. The Balaban J connectivity index is 1.60. The van der Waals surface area contributed by atoms with Gasteiger partial charge < -0.3 is 24.1 Å². The van der Waals surface area contributed by atoms with Crippen molar-refractivity contribution in [3.8, 4) is 11.5 Å². The third kappa shape index (κ3) is 3.74. The third-order valence-electron chi connectivity index (χ3n) is 4.15. The Morgan fingerprint density at radius 3 is 2.69 bits per heavy atom. The van der Waals surface area contributed by atoms with E-state index in [4.69, 9.17) is 13.9 Å². The lowest BCUT2D eigenvalue weighted by molar-refractivity contribution is -0.121. The summed E-state index contributed by atoms with van der Waals surface area (Å²) in [5.41, 5.74) is 0.700. The Labute approximate surface area is 151 Å². The molecule has 0 spiro atoms. The van der Waals surface area contributed by atoms with Crippen LogP contribution < -0.4 is 19.7 Å². The number of nitrogens with zero attached hydrogens (tertiary/aromatic N) is 2. The van der Waals surface area contributed by atoms with Crippen molar-refractivity contribution in [2.75, 3.05) is 38.8 Å². The summed E-state index contributed by atoms with van der Waals surface area (Å²) >= 11 is 0. The number of rotatable bonds is 7. The van der Waals surface area contributed by atoms with Crippen molar-refractivity contribution in [1.29, 1.82) is 0 Å². The van der Waals surface area contributed by atoms with E-state index < -0.39 is 0 Å². The Bertz CT molecular complexity index is 775. The molecule has 0 atom stereocenters. The van der Waals surface area contributed by atoms with Crippen molar-refractivity contribution in [3.63, 3.8) is 0 Å². The monoisotopic (exact) mass is 359 g/mol. The molecule has 1 aliphatic rings. The van der Waals surface area contributed by atoms with Crippen LogP contribution in [0.4, 0.5) is 10.5 Å². The number of ether oxygens (including phenoxy) is 2. The summed E-state index contributed by atoms with van der Waals surface area (Å²) in [5.74, 6) is 1.58. The molecule has 0 saturated carbocycles. The summed E-state index contributed by atoms with van der Waals surface area (Å²) in [6.45, 7) is 1.28. The van der Waals surface area contributed by atoms with Crippen molar-refractivity contribution < 1.29 is 23.5 Å². The largest absolute Gasteiger partial charge is 0.493 e. The highest BCUT2D eigenvalue weighted by Crippen LogP contribution is 2.32. The molecule has 1 aromatic carbocycles. The zero-order chi connectivity index (χ0) is 18.5. The fourth-order valence-corrected chi connectivity index (χ4v) is 2.79. The first-order valence-corrected chi connectivity index (χ1v) is 8.20. The molecule has 0 unspecified atom stereocenters. The summed E-state index contributed by atoms with van der Waals surface area (Å²) in [4.78, 5) is 27.8. The molecule has 138 valence electrons. The van der Waals surface area contributed by atoms with E-state index in [1.807, 2.05) is 0 Å². The van der Waals surface area contributed by atoms with E-state index in [-0.39, 0.29) is 18.5 Å². The van der Waals surface area contributed by atoms with Crippen molar-refractivity contribution in [1.82, 2.24) is 10.2 Å². The van der Waals surface area contributed by atoms with Gasteiger partial charge in [-0.3, -0.25) is 9.69 Å². The normalized spacial score (nSPS) is 13.8. The van der Waals surface area contributed by atoms with Gasteiger partial charge in [0.05, 0.1) is 27.0 Å². The molecule has 3 rings (SSSR count). The molecule has 26 heavy (non-hydrogen) atoms. The van der Waals surface area contributed by atoms with Gasteiger partial charge in [0.1, 0.15) is 12.3 Å². The molecule has 3 amide bonds. The van der Waals surface area contributed by atoms with Gasteiger partial charge in [-0.1, -0.05) is 0 Å². The SMILES string of the molecule is COc1ccc(N2CCN(CC(=O)NCc3ccco3)C2=O)cc1OC. The van der Waals surface area contributed by atoms with Gasteiger partial charge in [0.2, 0.25) is 5.91 Å². The van der Waals surface area contributed by atoms with Crippen LogP contribution in [0.15, 0.2) is 41.0 Å². The minimum atomic E-state index is -0.232. The van der Waals surface area contributed by atoms with E-state index in [2.05, 4.69) is 5.32 Å². The number of hydrogen-bond acceptors (Lipinski definition) is 5. The second-order valence-electron chi connectivity index (χ2n) is 5.75. The smallest absolute Gasteiger partial charge is 0.325 e. The van der Waals surface area contributed by atoms with E-state index in [0.29, 0.717) is 42.6 Å². The minimum Gasteiger partial charge on any atom is -0.493 e. The molecule has 1 aliphatic heterocycles. The first-order valence-electron chi connectivity index (χ1n) is 8.20. The van der Waals surface area contributed by atoms with E-state index in [1.165, 1.54) is 4.90 Å². The predicted octanol–water partition coefficient (Wildman–Crippen LogP) is 1.86. The zero-order valence-electron chi connectivity index (χ0n) is 14.7. The van der Waals surface area contributed by atoms with Gasteiger partial charge in [0.25, 0.3) is 0 Å². The fraction of sp³-hybridized carbons (Fsp3) is 0.333. The van der Waals surface area contributed by atoms with Crippen LogP contribution in [0.5, 0.6) is 11.5 Å². The van der Waals surface area contributed by atoms with Crippen molar-refractivity contribution in [2.45, 2.75) is 6.54 Å². The molecule has 1 aromatic heterocycles. The fourth-order valence-electron chi connectivity index (χ4n) is 2.79. The predicted molar refractivity (Wildman–Crippen MR) is 94.4 cm³/mol. The summed E-state index contributed by atoms with van der Waals surface area (Å²) in [6.07, 6.45) is 1.55. The first kappa shape index (κ1) is 17.7. The number of hydrogen-bond donors (Lipinski definition) is 1. The first-order chi connectivity index (χ1) is 12.6. The van der Waals surface area contributed by atoms with Crippen LogP contribution in [0.2, 0.25) is 0 Å². The molecule has 2 heterocycles. The third-order valence-corrected chi connectivity index (χ3v) is 4.15. The number of amides is 3. The molecule has 8 nitrogen and oxygen atoms in total. The quantitative estimate of drug-likeness (QED) is 0.816. The summed E-state index contributed by atoms with van der Waals surface area (Å²) in [6, 6.07) is 8.61. The van der Waals surface area contributed by atoms with E-state index in [0.717, 1.165) is 0 Å². The van der Waals surface area contributed by atoms with E-state index >= 15 is 0 Å². The van der Waals surface area contributed by atoms with Gasteiger partial charge >= 0.3 is 6.03 Å². The molecule has 1 saturated heterocycles. The van der Waals surface area contributed by atoms with Crippen LogP contribution in [0.1, 0.15) is 5.76 Å². The van der Waals surface area contributed by atoms with Crippen LogP contribution in [0, 0.1) is 0 Å². The topological polar surface area (TPSA) is 84.3 Å². The molecule has 0 aliphatic carbocycles. The second-order valence-corrected chi connectivity index (χ2v) is 5.75. The van der Waals surface area contributed by atoms with Crippen molar-refractivity contribution >= 4 is 17.6 Å². The maximum absolute atomic E-state index is 12.6. The van der Waals surface area contributed by atoms with Gasteiger partial charge in [-0.05, 0) is 24.3 Å². The lowest BCUT2D eigenvalue weighted by Crippen LogP contribution is -2.39. The average molecular weight is 359 g/mol. The Morgan fingerprint density at radius 1 is 1.19 bits per heavy atom. The molecule has 2 aromatic rings. The Kier molecular flexibility index (Phi) is 5.31. The maximum Gasteiger partial charge on any atom is 0.325 e. The number of nitrogens with one attached hydrogen (secondary N) is 1. The molecule has 1 N–H and O–H groups in total. The van der Waals surface area contributed by atoms with Gasteiger partial charge in [-0.2, -0.15) is 0 Å². The second kappa shape index (κ2) is 7.81. The van der Waals surface area contributed by atoms with Gasteiger partial charge in [0.15, 0.2) is 11.5 Å². The van der Waals surface area contributed by atoms with Gasteiger partial charge in [0, 0.05) is 24.8 Å². The average Bonchev–Trinajstić information content (AvgIpc) is 3.30. The van der Waals surface area contributed by atoms with E-state index in [9.17, 15) is 9.59 Å². The van der Waals surface area contributed by atoms with Crippen molar-refractivity contribution in [3.05, 3.63) is 42.4 Å². The van der Waals surface area contributed by atoms with Crippen LogP contribution in [-0.4, -0.2) is 50.7 Å². The molecular formula is C18H21N3O5. The highest BCUT2D eigenvalue weighted by molar-refractivity contribution is 5.96. The number of carbonyl (C=O) groups is 2. The van der Waals surface area contributed by atoms with E-state index in [1.54, 1.807) is 55.7 Å². The van der Waals surface area contributed by atoms with Crippen molar-refractivity contribution in [2.24, 2.45) is 0 Å². The van der Waals surface area contributed by atoms with Crippen LogP contribution in [0.25, 0.3) is 0 Å². The van der Waals surface area contributed by atoms with Gasteiger partial charge in [-0.25, -0.2) is 4.79 Å². The summed E-state index contributed by atoms with van der Waals surface area (Å²) in [5, 5.41) is 2.74. The van der Waals surface area contributed by atoms with Gasteiger partial charge in [-0.15, -0.1) is 0 Å².